The minimum atomic E-state index is 0.00499. The van der Waals surface area contributed by atoms with Gasteiger partial charge < -0.3 is 9.84 Å². The van der Waals surface area contributed by atoms with Crippen molar-refractivity contribution in [2.75, 3.05) is 0 Å². The molecule has 3 heterocycles. The van der Waals surface area contributed by atoms with Crippen LogP contribution < -0.4 is 4.74 Å². The molecule has 0 amide bonds. The highest BCUT2D eigenvalue weighted by atomic mass is 16.5. The lowest BCUT2D eigenvalue weighted by Gasteiger charge is -2.20. The van der Waals surface area contributed by atoms with E-state index in [0.717, 1.165) is 27.6 Å². The Kier molecular flexibility index (Phi) is 4.71. The van der Waals surface area contributed by atoms with Crippen LogP contribution in [0.15, 0.2) is 85.2 Å². The first kappa shape index (κ1) is 21.1. The Bertz CT molecular complexity index is 1730. The van der Waals surface area contributed by atoms with Crippen LogP contribution in [-0.4, -0.2) is 24.6 Å². The number of pyridine rings is 1. The second-order valence-corrected chi connectivity index (χ2v) is 9.64. The number of phenols is 1. The van der Waals surface area contributed by atoms with Crippen molar-refractivity contribution in [3.05, 3.63) is 90.8 Å². The van der Waals surface area contributed by atoms with Gasteiger partial charge in [-0.15, -0.1) is 0 Å². The van der Waals surface area contributed by atoms with Gasteiger partial charge in [0.05, 0.1) is 22.7 Å². The number of para-hydroxylation sites is 2. The first-order valence-electron chi connectivity index (χ1n) is 11.5. The van der Waals surface area contributed by atoms with E-state index in [1.807, 2.05) is 30.5 Å². The van der Waals surface area contributed by atoms with E-state index < -0.39 is 0 Å². The van der Waals surface area contributed by atoms with Gasteiger partial charge in [0, 0.05) is 23.0 Å². The monoisotopic (exact) mass is 460 g/mol. The summed E-state index contributed by atoms with van der Waals surface area (Å²) in [6.45, 7) is 6.60. The van der Waals surface area contributed by atoms with Gasteiger partial charge in [0.1, 0.15) is 22.8 Å². The maximum Gasteiger partial charge on any atom is 0.238 e. The summed E-state index contributed by atoms with van der Waals surface area (Å²) in [5.74, 6) is 1.86. The fraction of sp³-hybridized carbons (Fsp3) is 0.138. The lowest BCUT2D eigenvalue weighted by molar-refractivity contribution is 0.458. The molecular formula is C29H24N4O2. The molecule has 0 atom stereocenters. The Labute approximate surface area is 202 Å². The van der Waals surface area contributed by atoms with Gasteiger partial charge in [0.2, 0.25) is 5.88 Å². The number of rotatable bonds is 3. The predicted octanol–water partition coefficient (Wildman–Crippen LogP) is 6.92. The van der Waals surface area contributed by atoms with Gasteiger partial charge in [0.25, 0.3) is 0 Å². The lowest BCUT2D eigenvalue weighted by Crippen LogP contribution is -2.12. The summed E-state index contributed by atoms with van der Waals surface area (Å²) in [6, 6.07) is 23.7. The molecule has 1 N–H and O–H groups in total. The molecule has 0 unspecified atom stereocenters. The molecule has 0 radical (unpaired) electrons. The predicted molar refractivity (Wildman–Crippen MR) is 139 cm³/mol. The molecule has 6 aromatic rings. The lowest BCUT2D eigenvalue weighted by atomic mass is 9.88. The molecular weight excluding hydrogens is 436 g/mol. The van der Waals surface area contributed by atoms with Crippen LogP contribution in [-0.2, 0) is 5.41 Å². The zero-order valence-corrected chi connectivity index (χ0v) is 19.7. The molecule has 0 saturated carbocycles. The summed E-state index contributed by atoms with van der Waals surface area (Å²) >= 11 is 0. The van der Waals surface area contributed by atoms with E-state index in [1.165, 1.54) is 5.56 Å². The number of benzene rings is 3. The Morgan fingerprint density at radius 3 is 2.51 bits per heavy atom. The van der Waals surface area contributed by atoms with Crippen molar-refractivity contribution in [2.45, 2.75) is 26.2 Å². The molecule has 0 spiro atoms. The maximum absolute atomic E-state index is 10.2. The molecule has 3 aromatic heterocycles. The molecule has 35 heavy (non-hydrogen) atoms. The highest BCUT2D eigenvalue weighted by molar-refractivity contribution is 6.09. The fourth-order valence-corrected chi connectivity index (χ4v) is 4.44. The molecule has 6 heteroatoms. The Balaban J connectivity index is 1.51. The second kappa shape index (κ2) is 7.81. The van der Waals surface area contributed by atoms with Gasteiger partial charge in [0.15, 0.2) is 0 Å². The number of ether oxygens (including phenoxy) is 1. The number of hydrogen-bond donors (Lipinski definition) is 1. The normalized spacial score (nSPS) is 12.0. The third-order valence-electron chi connectivity index (χ3n) is 6.24. The molecule has 0 aliphatic heterocycles. The number of nitrogens with zero attached hydrogens (tertiary/aromatic N) is 4. The number of phenolic OH excluding ortho intramolecular Hbond substituents is 1. The molecule has 3 aromatic carbocycles. The minimum Gasteiger partial charge on any atom is -0.506 e. The topological polar surface area (TPSA) is 73.1 Å². The first-order chi connectivity index (χ1) is 16.9. The van der Waals surface area contributed by atoms with Crippen LogP contribution in [0.25, 0.3) is 38.7 Å². The van der Waals surface area contributed by atoms with E-state index in [1.54, 1.807) is 24.4 Å². The van der Waals surface area contributed by atoms with Crippen LogP contribution in [0.3, 0.4) is 0 Å². The quantitative estimate of drug-likeness (QED) is 0.310. The van der Waals surface area contributed by atoms with E-state index >= 15 is 0 Å². The van der Waals surface area contributed by atoms with Crippen molar-refractivity contribution in [2.24, 2.45) is 0 Å². The first-order valence-corrected chi connectivity index (χ1v) is 11.5. The van der Waals surface area contributed by atoms with Gasteiger partial charge in [-0.3, -0.25) is 4.57 Å². The highest BCUT2D eigenvalue weighted by Gasteiger charge is 2.18. The summed E-state index contributed by atoms with van der Waals surface area (Å²) in [5, 5.41) is 12.4. The molecule has 0 fully saturated rings. The second-order valence-electron chi connectivity index (χ2n) is 9.64. The van der Waals surface area contributed by atoms with Crippen molar-refractivity contribution in [1.29, 1.82) is 0 Å². The highest BCUT2D eigenvalue weighted by Crippen LogP contribution is 2.35. The van der Waals surface area contributed by atoms with Gasteiger partial charge in [-0.05, 0) is 53.4 Å². The summed E-state index contributed by atoms with van der Waals surface area (Å²) < 4.78 is 8.27. The van der Waals surface area contributed by atoms with Crippen LogP contribution in [0, 0.1) is 0 Å². The third kappa shape index (κ3) is 3.64. The summed E-state index contributed by atoms with van der Waals surface area (Å²) in [7, 11) is 0. The smallest absolute Gasteiger partial charge is 0.238 e. The van der Waals surface area contributed by atoms with Gasteiger partial charge in [-0.25, -0.2) is 15.0 Å². The number of aromatic hydroxyl groups is 1. The average molecular weight is 461 g/mol. The maximum atomic E-state index is 10.2. The van der Waals surface area contributed by atoms with Crippen LogP contribution in [0.4, 0.5) is 0 Å². The molecule has 0 aliphatic carbocycles. The standard InChI is InChI=1S/C29H24N4O2/c1-29(2,3)18-13-14-30-26(15-18)33-23-9-5-4-7-20(23)21-12-11-19(16-24(21)33)35-27-17-31-22-8-6-10-25(34)28(22)32-27/h4-17,34H,1-3H3. The molecule has 6 rings (SSSR count). The molecule has 6 nitrogen and oxygen atoms in total. The summed E-state index contributed by atoms with van der Waals surface area (Å²) in [6.07, 6.45) is 3.43. The third-order valence-corrected chi connectivity index (χ3v) is 6.24. The Hall–Kier alpha value is -4.45. The van der Waals surface area contributed by atoms with Crippen molar-refractivity contribution >= 4 is 32.8 Å². The van der Waals surface area contributed by atoms with Crippen molar-refractivity contribution < 1.29 is 9.84 Å². The summed E-state index contributed by atoms with van der Waals surface area (Å²) in [4.78, 5) is 13.6. The van der Waals surface area contributed by atoms with E-state index in [4.69, 9.17) is 9.72 Å². The van der Waals surface area contributed by atoms with Crippen molar-refractivity contribution in [3.63, 3.8) is 0 Å². The van der Waals surface area contributed by atoms with Gasteiger partial charge in [-0.2, -0.15) is 0 Å². The number of fused-ring (bicyclic) bond motifs is 4. The molecule has 0 aliphatic rings. The van der Waals surface area contributed by atoms with Crippen LogP contribution in [0.5, 0.6) is 17.4 Å². The molecule has 172 valence electrons. The minimum absolute atomic E-state index is 0.00499. The zero-order valence-electron chi connectivity index (χ0n) is 19.7. The summed E-state index contributed by atoms with van der Waals surface area (Å²) in [5.41, 5.74) is 4.30. The number of hydrogen-bond acceptors (Lipinski definition) is 5. The Morgan fingerprint density at radius 1 is 0.829 bits per heavy atom. The van der Waals surface area contributed by atoms with Crippen molar-refractivity contribution in [3.8, 4) is 23.2 Å². The average Bonchev–Trinajstić information content (AvgIpc) is 3.18. The van der Waals surface area contributed by atoms with Crippen LogP contribution in [0.2, 0.25) is 0 Å². The van der Waals surface area contributed by atoms with Crippen LogP contribution in [0.1, 0.15) is 26.3 Å². The van der Waals surface area contributed by atoms with Crippen molar-refractivity contribution in [1.82, 2.24) is 19.5 Å². The zero-order chi connectivity index (χ0) is 24.2. The Morgan fingerprint density at radius 2 is 1.66 bits per heavy atom. The van der Waals surface area contributed by atoms with E-state index in [2.05, 4.69) is 65.6 Å². The van der Waals surface area contributed by atoms with E-state index in [9.17, 15) is 5.11 Å². The largest absolute Gasteiger partial charge is 0.506 e. The SMILES string of the molecule is CC(C)(C)c1ccnc(-n2c3ccccc3c3ccc(Oc4cnc5cccc(O)c5n4)cc32)c1. The van der Waals surface area contributed by atoms with Gasteiger partial charge >= 0.3 is 0 Å². The number of aromatic nitrogens is 4. The van der Waals surface area contributed by atoms with E-state index in [0.29, 0.717) is 22.7 Å². The molecule has 0 bridgehead atoms. The molecule has 0 saturated heterocycles. The fourth-order valence-electron chi connectivity index (χ4n) is 4.44. The van der Waals surface area contributed by atoms with Crippen LogP contribution >= 0.6 is 0 Å². The van der Waals surface area contributed by atoms with Gasteiger partial charge in [-0.1, -0.05) is 45.0 Å². The van der Waals surface area contributed by atoms with E-state index in [-0.39, 0.29) is 11.2 Å².